The van der Waals surface area contributed by atoms with E-state index in [1.165, 1.54) is 0 Å². The molecule has 2 aromatic rings. The number of amides is 1. The third-order valence-electron chi connectivity index (χ3n) is 4.49. The van der Waals surface area contributed by atoms with Crippen molar-refractivity contribution in [3.8, 4) is 0 Å². The summed E-state index contributed by atoms with van der Waals surface area (Å²) in [6.45, 7) is 2.75. The third kappa shape index (κ3) is 3.43. The number of piperidine rings is 1. The summed E-state index contributed by atoms with van der Waals surface area (Å²) < 4.78 is 7.08. The van der Waals surface area contributed by atoms with Gasteiger partial charge >= 0.3 is 0 Å². The van der Waals surface area contributed by atoms with E-state index in [2.05, 4.69) is 10.4 Å². The molecule has 0 saturated carbocycles. The van der Waals surface area contributed by atoms with Crippen molar-refractivity contribution in [3.63, 3.8) is 0 Å². The van der Waals surface area contributed by atoms with Crippen LogP contribution in [0.5, 0.6) is 0 Å². The van der Waals surface area contributed by atoms with E-state index in [1.807, 2.05) is 49.3 Å². The Morgan fingerprint density at radius 2 is 2.25 bits per heavy atom. The molecule has 2 heterocycles. The molecule has 1 aliphatic rings. The summed E-state index contributed by atoms with van der Waals surface area (Å²) in [4.78, 5) is 14.6. The van der Waals surface area contributed by atoms with Crippen LogP contribution in [0.15, 0.2) is 36.7 Å². The Bertz CT molecular complexity index is 713. The van der Waals surface area contributed by atoms with Crippen molar-refractivity contribution in [3.05, 3.63) is 42.2 Å². The number of nitrogens with zero attached hydrogens (tertiary/aromatic N) is 3. The van der Waals surface area contributed by atoms with Crippen molar-refractivity contribution in [1.82, 2.24) is 9.78 Å². The quantitative estimate of drug-likeness (QED) is 0.917. The highest BCUT2D eigenvalue weighted by molar-refractivity contribution is 5.99. The van der Waals surface area contributed by atoms with Gasteiger partial charge in [-0.1, -0.05) is 12.1 Å². The van der Waals surface area contributed by atoms with Gasteiger partial charge in [0.05, 0.1) is 18.0 Å². The molecule has 1 aromatic heterocycles. The smallest absolute Gasteiger partial charge is 0.249 e. The Hall–Kier alpha value is -2.34. The minimum absolute atomic E-state index is 0.0284. The van der Waals surface area contributed by atoms with E-state index in [1.54, 1.807) is 18.0 Å². The van der Waals surface area contributed by atoms with E-state index in [9.17, 15) is 4.79 Å². The highest BCUT2D eigenvalue weighted by atomic mass is 16.5. The zero-order valence-corrected chi connectivity index (χ0v) is 14.4. The molecule has 1 aliphatic heterocycles. The van der Waals surface area contributed by atoms with Gasteiger partial charge in [-0.15, -0.1) is 0 Å². The maximum Gasteiger partial charge on any atom is 0.249 e. The van der Waals surface area contributed by atoms with Crippen LogP contribution in [0, 0.1) is 0 Å². The normalized spacial score (nSPS) is 19.4. The van der Waals surface area contributed by atoms with Gasteiger partial charge in [-0.3, -0.25) is 9.48 Å². The average molecular weight is 328 g/mol. The first-order chi connectivity index (χ1) is 11.6. The molecule has 1 aromatic carbocycles. The van der Waals surface area contributed by atoms with Crippen LogP contribution in [0.25, 0.3) is 0 Å². The van der Waals surface area contributed by atoms with Gasteiger partial charge in [-0.05, 0) is 37.5 Å². The molecular weight excluding hydrogens is 304 g/mol. The zero-order chi connectivity index (χ0) is 17.1. The first kappa shape index (κ1) is 16.5. The second kappa shape index (κ2) is 7.05. The second-order valence-corrected chi connectivity index (χ2v) is 6.20. The van der Waals surface area contributed by atoms with E-state index < -0.39 is 0 Å². The highest BCUT2D eigenvalue weighted by Gasteiger charge is 2.30. The zero-order valence-electron chi connectivity index (χ0n) is 14.4. The molecule has 1 N–H and O–H groups in total. The van der Waals surface area contributed by atoms with Crippen molar-refractivity contribution < 1.29 is 9.53 Å². The fourth-order valence-corrected chi connectivity index (χ4v) is 3.03. The lowest BCUT2D eigenvalue weighted by Crippen LogP contribution is -2.47. The Morgan fingerprint density at radius 3 is 2.96 bits per heavy atom. The largest absolute Gasteiger partial charge is 0.377 e. The number of hydrogen-bond donors (Lipinski definition) is 1. The molecule has 128 valence electrons. The minimum atomic E-state index is -0.216. The molecule has 0 spiro atoms. The minimum Gasteiger partial charge on any atom is -0.377 e. The average Bonchev–Trinajstić information content (AvgIpc) is 3.02. The third-order valence-corrected chi connectivity index (χ3v) is 4.49. The van der Waals surface area contributed by atoms with Crippen LogP contribution in [-0.2, 0) is 16.6 Å². The number of carbonyl (C=O) groups is 1. The molecule has 0 aliphatic carbocycles. The molecule has 3 rings (SSSR count). The topological polar surface area (TPSA) is 59.4 Å². The van der Waals surface area contributed by atoms with Crippen molar-refractivity contribution in [2.75, 3.05) is 23.9 Å². The Morgan fingerprint density at radius 1 is 1.42 bits per heavy atom. The van der Waals surface area contributed by atoms with Gasteiger partial charge in [0.15, 0.2) is 0 Å². The van der Waals surface area contributed by atoms with E-state index >= 15 is 0 Å². The van der Waals surface area contributed by atoms with E-state index in [-0.39, 0.29) is 18.1 Å². The molecule has 1 fully saturated rings. The maximum atomic E-state index is 12.8. The van der Waals surface area contributed by atoms with Crippen LogP contribution in [0.3, 0.4) is 0 Å². The molecule has 1 saturated heterocycles. The van der Waals surface area contributed by atoms with Crippen LogP contribution in [0.4, 0.5) is 11.4 Å². The molecule has 1 amide bonds. The van der Waals surface area contributed by atoms with E-state index in [0.717, 1.165) is 36.3 Å². The number of anilines is 2. The second-order valence-electron chi connectivity index (χ2n) is 6.20. The van der Waals surface area contributed by atoms with Crippen molar-refractivity contribution >= 4 is 17.3 Å². The van der Waals surface area contributed by atoms with E-state index in [0.29, 0.717) is 0 Å². The van der Waals surface area contributed by atoms with Gasteiger partial charge < -0.3 is 15.0 Å². The molecule has 6 heteroatoms. The molecule has 0 bridgehead atoms. The predicted octanol–water partition coefficient (Wildman–Crippen LogP) is 2.74. The Balaban J connectivity index is 1.74. The Labute approximate surface area is 142 Å². The van der Waals surface area contributed by atoms with Crippen LogP contribution in [0.1, 0.15) is 31.4 Å². The van der Waals surface area contributed by atoms with Crippen molar-refractivity contribution in [1.29, 1.82) is 0 Å². The highest BCUT2D eigenvalue weighted by Crippen LogP contribution is 2.24. The fraction of sp³-hybridized carbons (Fsp3) is 0.444. The van der Waals surface area contributed by atoms with Crippen LogP contribution < -0.4 is 10.2 Å². The van der Waals surface area contributed by atoms with Gasteiger partial charge in [0.1, 0.15) is 6.04 Å². The summed E-state index contributed by atoms with van der Waals surface area (Å²) in [5.74, 6) is 0.0967. The summed E-state index contributed by atoms with van der Waals surface area (Å²) in [6, 6.07) is 7.84. The summed E-state index contributed by atoms with van der Waals surface area (Å²) >= 11 is 0. The lowest BCUT2D eigenvalue weighted by atomic mass is 10.0. The molecular formula is C18H24N4O2. The first-order valence-corrected chi connectivity index (χ1v) is 8.28. The molecule has 0 unspecified atom stereocenters. The number of methoxy groups -OCH3 is 1. The van der Waals surface area contributed by atoms with Gasteiger partial charge in [-0.2, -0.15) is 5.10 Å². The number of carbonyl (C=O) groups excluding carboxylic acids is 1. The first-order valence-electron chi connectivity index (χ1n) is 8.28. The predicted molar refractivity (Wildman–Crippen MR) is 94.1 cm³/mol. The van der Waals surface area contributed by atoms with Gasteiger partial charge in [0, 0.05) is 32.6 Å². The number of aromatic nitrogens is 2. The fourth-order valence-electron chi connectivity index (χ4n) is 3.03. The number of nitrogens with one attached hydrogen (secondary N) is 1. The van der Waals surface area contributed by atoms with Crippen LogP contribution >= 0.6 is 0 Å². The van der Waals surface area contributed by atoms with Crippen LogP contribution in [-0.4, -0.2) is 35.4 Å². The standard InChI is InChI=1S/C18H24N4O2/c1-13(24-3)14-6-4-7-15(10-14)20-17-8-5-9-22(18(17)23)16-11-19-21(2)12-16/h4,6-7,10-13,17,20H,5,8-9H2,1-3H3/t13-,17-/m0/s1. The molecule has 6 nitrogen and oxygen atoms in total. The lowest BCUT2D eigenvalue weighted by Gasteiger charge is -2.32. The van der Waals surface area contributed by atoms with Gasteiger partial charge in [0.25, 0.3) is 0 Å². The summed E-state index contributed by atoms with van der Waals surface area (Å²) in [5.41, 5.74) is 2.90. The lowest BCUT2D eigenvalue weighted by molar-refractivity contribution is -0.120. The Kier molecular flexibility index (Phi) is 4.85. The van der Waals surface area contributed by atoms with Crippen molar-refractivity contribution in [2.24, 2.45) is 7.05 Å². The summed E-state index contributed by atoms with van der Waals surface area (Å²) in [6.07, 6.45) is 5.44. The summed E-state index contributed by atoms with van der Waals surface area (Å²) in [5, 5.41) is 7.55. The summed E-state index contributed by atoms with van der Waals surface area (Å²) in [7, 11) is 3.55. The molecule has 2 atom stereocenters. The maximum absolute atomic E-state index is 12.8. The number of benzene rings is 1. The number of ether oxygens (including phenoxy) is 1. The van der Waals surface area contributed by atoms with E-state index in [4.69, 9.17) is 4.74 Å². The number of hydrogen-bond acceptors (Lipinski definition) is 4. The van der Waals surface area contributed by atoms with Crippen LogP contribution in [0.2, 0.25) is 0 Å². The molecule has 24 heavy (non-hydrogen) atoms. The van der Waals surface area contributed by atoms with Gasteiger partial charge in [-0.25, -0.2) is 0 Å². The van der Waals surface area contributed by atoms with Gasteiger partial charge in [0.2, 0.25) is 5.91 Å². The SMILES string of the molecule is CO[C@@H](C)c1cccc(N[C@H]2CCCN(c3cnn(C)c3)C2=O)c1. The molecule has 0 radical (unpaired) electrons. The van der Waals surface area contributed by atoms with Crippen molar-refractivity contribution in [2.45, 2.75) is 31.9 Å². The monoisotopic (exact) mass is 328 g/mol. The number of aryl methyl sites for hydroxylation is 1. The number of rotatable bonds is 5.